The molecule has 0 heterocycles. The summed E-state index contributed by atoms with van der Waals surface area (Å²) in [6, 6.07) is 0. The van der Waals surface area contributed by atoms with Crippen LogP contribution in [0.5, 0.6) is 0 Å². The Morgan fingerprint density at radius 3 is 2.22 bits per heavy atom. The van der Waals surface area contributed by atoms with Crippen LogP contribution in [0.3, 0.4) is 0 Å². The first-order chi connectivity index (χ1) is 16.9. The molecule has 4 aliphatic carbocycles. The summed E-state index contributed by atoms with van der Waals surface area (Å²) >= 11 is 0. The van der Waals surface area contributed by atoms with Gasteiger partial charge < -0.3 is 9.47 Å². The number of fused-ring (bicyclic) bond motifs is 5. The molecule has 0 radical (unpaired) electrons. The summed E-state index contributed by atoms with van der Waals surface area (Å²) in [4.78, 5) is 36.9. The predicted octanol–water partition coefficient (Wildman–Crippen LogP) is 6.95. The first kappa shape index (κ1) is 27.1. The normalized spacial score (nSPS) is 35.5. The Labute approximate surface area is 217 Å². The maximum absolute atomic E-state index is 12.3. The molecule has 0 saturated heterocycles. The minimum atomic E-state index is -1.25. The standard InChI is InChI=1S/C31H46O5/c1-19(2)28(34)15-10-20(3)25-13-14-26-24-12-11-23-9-8-17-31(35-21(4)32,36-22(5)33)30(23,7)27(24)16-18-29(25,26)6/h11-12,19-20,25-27H,8-10,13-18H2,1-7H3/t20-,25-,26+,27+,29-,30+/m1/s1. The monoisotopic (exact) mass is 498 g/mol. The maximum Gasteiger partial charge on any atom is 0.305 e. The summed E-state index contributed by atoms with van der Waals surface area (Å²) in [5, 5.41) is 0. The van der Waals surface area contributed by atoms with Gasteiger partial charge in [0.25, 0.3) is 5.79 Å². The van der Waals surface area contributed by atoms with Gasteiger partial charge in [-0.25, -0.2) is 0 Å². The summed E-state index contributed by atoms with van der Waals surface area (Å²) in [6.45, 7) is 13.8. The SMILES string of the molecule is CC(=O)OC1(OC(C)=O)CCCC2=CC=C3[C@@H]4CC[C@H]([C@H](C)CCC(=O)C(C)C)[C@@]4(C)CC[C@@H]3[C@]21C. The molecule has 4 rings (SSSR count). The van der Waals surface area contributed by atoms with Crippen molar-refractivity contribution >= 4 is 17.7 Å². The van der Waals surface area contributed by atoms with Crippen LogP contribution in [0, 0.1) is 40.4 Å². The number of carbonyl (C=O) groups excluding carboxylic acids is 3. The van der Waals surface area contributed by atoms with Crippen LogP contribution < -0.4 is 0 Å². The second-order valence-corrected chi connectivity index (χ2v) is 12.8. The third kappa shape index (κ3) is 4.28. The van der Waals surface area contributed by atoms with Crippen molar-refractivity contribution < 1.29 is 23.9 Å². The lowest BCUT2D eigenvalue weighted by atomic mass is 9.48. The van der Waals surface area contributed by atoms with Gasteiger partial charge in [0.1, 0.15) is 5.78 Å². The molecule has 200 valence electrons. The van der Waals surface area contributed by atoms with E-state index in [4.69, 9.17) is 9.47 Å². The Kier molecular flexibility index (Phi) is 7.36. The van der Waals surface area contributed by atoms with Gasteiger partial charge in [0.2, 0.25) is 0 Å². The van der Waals surface area contributed by atoms with Crippen LogP contribution in [-0.2, 0) is 23.9 Å². The molecule has 3 fully saturated rings. The fourth-order valence-electron chi connectivity index (χ4n) is 8.70. The lowest BCUT2D eigenvalue weighted by molar-refractivity contribution is -0.279. The van der Waals surface area contributed by atoms with Crippen LogP contribution in [0.1, 0.15) is 106 Å². The number of carbonyl (C=O) groups is 3. The zero-order chi connectivity index (χ0) is 26.5. The Balaban J connectivity index is 1.65. The number of hydrogen-bond donors (Lipinski definition) is 0. The fourth-order valence-corrected chi connectivity index (χ4v) is 8.70. The van der Waals surface area contributed by atoms with Crippen LogP contribution >= 0.6 is 0 Å². The van der Waals surface area contributed by atoms with E-state index in [-0.39, 0.29) is 17.3 Å². The largest absolute Gasteiger partial charge is 0.422 e. The van der Waals surface area contributed by atoms with Crippen molar-refractivity contribution in [3.63, 3.8) is 0 Å². The van der Waals surface area contributed by atoms with Gasteiger partial charge >= 0.3 is 11.9 Å². The maximum atomic E-state index is 12.3. The van der Waals surface area contributed by atoms with Crippen molar-refractivity contribution in [1.82, 2.24) is 0 Å². The third-order valence-corrected chi connectivity index (χ3v) is 10.6. The average molecular weight is 499 g/mol. The molecule has 36 heavy (non-hydrogen) atoms. The quantitative estimate of drug-likeness (QED) is 0.281. The smallest absolute Gasteiger partial charge is 0.305 e. The molecule has 0 N–H and O–H groups in total. The van der Waals surface area contributed by atoms with E-state index in [9.17, 15) is 14.4 Å². The Hall–Kier alpha value is -1.91. The molecule has 0 aromatic carbocycles. The topological polar surface area (TPSA) is 69.7 Å². The van der Waals surface area contributed by atoms with E-state index < -0.39 is 23.1 Å². The molecule has 0 aliphatic heterocycles. The molecule has 0 spiro atoms. The van der Waals surface area contributed by atoms with E-state index in [2.05, 4.69) is 32.9 Å². The summed E-state index contributed by atoms with van der Waals surface area (Å²) in [5.41, 5.74) is 2.34. The number of esters is 2. The molecule has 0 aromatic heterocycles. The number of ketones is 1. The summed E-state index contributed by atoms with van der Waals surface area (Å²) in [6.07, 6.45) is 13.0. The van der Waals surface area contributed by atoms with E-state index in [0.717, 1.165) is 38.5 Å². The molecule has 5 nitrogen and oxygen atoms in total. The fraction of sp³-hybridized carbons (Fsp3) is 0.774. The van der Waals surface area contributed by atoms with Crippen molar-refractivity contribution in [2.45, 2.75) is 112 Å². The van der Waals surface area contributed by atoms with Gasteiger partial charge in [-0.3, -0.25) is 14.4 Å². The van der Waals surface area contributed by atoms with Crippen molar-refractivity contribution in [1.29, 1.82) is 0 Å². The molecule has 5 heteroatoms. The zero-order valence-corrected chi connectivity index (χ0v) is 23.4. The van der Waals surface area contributed by atoms with E-state index in [1.54, 1.807) is 0 Å². The second kappa shape index (κ2) is 9.76. The number of allylic oxidation sites excluding steroid dienone is 3. The van der Waals surface area contributed by atoms with Gasteiger partial charge in [-0.15, -0.1) is 0 Å². The highest BCUT2D eigenvalue weighted by molar-refractivity contribution is 5.80. The molecule has 3 saturated carbocycles. The first-order valence-electron chi connectivity index (χ1n) is 14.2. The van der Waals surface area contributed by atoms with Gasteiger partial charge in [0.05, 0.1) is 5.41 Å². The van der Waals surface area contributed by atoms with Crippen LogP contribution in [0.2, 0.25) is 0 Å². The lowest BCUT2D eigenvalue weighted by Gasteiger charge is -2.59. The minimum Gasteiger partial charge on any atom is -0.422 e. The van der Waals surface area contributed by atoms with Crippen LogP contribution in [0.4, 0.5) is 0 Å². The number of rotatable bonds is 7. The Bertz CT molecular complexity index is 957. The molecule has 4 aliphatic rings. The second-order valence-electron chi connectivity index (χ2n) is 12.8. The lowest BCUT2D eigenvalue weighted by Crippen LogP contribution is -2.61. The van der Waals surface area contributed by atoms with Crippen LogP contribution in [-0.4, -0.2) is 23.5 Å². The average Bonchev–Trinajstić information content (AvgIpc) is 3.14. The highest BCUT2D eigenvalue weighted by atomic mass is 16.7. The van der Waals surface area contributed by atoms with Crippen molar-refractivity contribution in [2.24, 2.45) is 40.4 Å². The van der Waals surface area contributed by atoms with E-state index in [0.29, 0.717) is 36.4 Å². The third-order valence-electron chi connectivity index (χ3n) is 10.6. The van der Waals surface area contributed by atoms with Crippen LogP contribution in [0.25, 0.3) is 0 Å². The number of hydrogen-bond acceptors (Lipinski definition) is 5. The summed E-state index contributed by atoms with van der Waals surface area (Å²) < 4.78 is 12.0. The summed E-state index contributed by atoms with van der Waals surface area (Å²) in [7, 11) is 0. The predicted molar refractivity (Wildman–Crippen MR) is 140 cm³/mol. The Morgan fingerprint density at radius 1 is 0.944 bits per heavy atom. The van der Waals surface area contributed by atoms with Crippen molar-refractivity contribution in [2.75, 3.05) is 0 Å². The molecule has 0 bridgehead atoms. The molecule has 0 aromatic rings. The van der Waals surface area contributed by atoms with Gasteiger partial charge in [-0.2, -0.15) is 0 Å². The van der Waals surface area contributed by atoms with E-state index >= 15 is 0 Å². The highest BCUT2D eigenvalue weighted by Crippen LogP contribution is 2.68. The van der Waals surface area contributed by atoms with Crippen LogP contribution in [0.15, 0.2) is 23.3 Å². The molecule has 0 unspecified atom stereocenters. The highest BCUT2D eigenvalue weighted by Gasteiger charge is 2.66. The minimum absolute atomic E-state index is 0.110. The van der Waals surface area contributed by atoms with E-state index in [1.807, 2.05) is 13.8 Å². The molecular formula is C31H46O5. The Morgan fingerprint density at radius 2 is 1.61 bits per heavy atom. The van der Waals surface area contributed by atoms with Gasteiger partial charge in [-0.1, -0.05) is 51.0 Å². The van der Waals surface area contributed by atoms with E-state index in [1.165, 1.54) is 31.4 Å². The first-order valence-corrected chi connectivity index (χ1v) is 14.2. The molecular weight excluding hydrogens is 452 g/mol. The molecule has 6 atom stereocenters. The van der Waals surface area contributed by atoms with Gasteiger partial charge in [-0.05, 0) is 81.0 Å². The molecule has 0 amide bonds. The summed E-state index contributed by atoms with van der Waals surface area (Å²) in [5.74, 6) is 0.188. The zero-order valence-electron chi connectivity index (χ0n) is 23.4. The number of ether oxygens (including phenoxy) is 2. The van der Waals surface area contributed by atoms with Gasteiger partial charge in [0, 0.05) is 32.6 Å². The number of Topliss-reactive ketones (excluding diaryl/α,β-unsaturated/α-hetero) is 1. The van der Waals surface area contributed by atoms with Crippen molar-refractivity contribution in [3.05, 3.63) is 23.3 Å². The van der Waals surface area contributed by atoms with Gasteiger partial charge in [0.15, 0.2) is 0 Å². The van der Waals surface area contributed by atoms with Crippen molar-refractivity contribution in [3.8, 4) is 0 Å².